The van der Waals surface area contributed by atoms with Crippen LogP contribution in [0.15, 0.2) is 18.2 Å². The van der Waals surface area contributed by atoms with Gasteiger partial charge in [-0.05, 0) is 31.5 Å². The van der Waals surface area contributed by atoms with Crippen molar-refractivity contribution >= 4 is 17.5 Å². The van der Waals surface area contributed by atoms with E-state index in [4.69, 9.17) is 16.3 Å². The predicted octanol–water partition coefficient (Wildman–Crippen LogP) is 1.95. The maximum absolute atomic E-state index is 11.9. The van der Waals surface area contributed by atoms with Gasteiger partial charge in [-0.3, -0.25) is 4.79 Å². The molecule has 2 N–H and O–H groups in total. The Morgan fingerprint density at radius 3 is 2.94 bits per heavy atom. The molecule has 1 amide bonds. The average Bonchev–Trinajstić information content (AvgIpc) is 2.68. The fraction of sp³-hybridized carbons (Fsp3) is 0.417. The van der Waals surface area contributed by atoms with Crippen molar-refractivity contribution in [2.75, 3.05) is 6.61 Å². The Kier molecular flexibility index (Phi) is 3.54. The normalized spacial score (nSPS) is 23.6. The molecule has 0 aliphatic carbocycles. The summed E-state index contributed by atoms with van der Waals surface area (Å²) >= 11 is 5.75. The van der Waals surface area contributed by atoms with Crippen molar-refractivity contribution in [3.05, 3.63) is 28.8 Å². The molecule has 1 aromatic rings. The number of phenolic OH excluding ortho intramolecular Hbond substituents is 1. The van der Waals surface area contributed by atoms with Crippen molar-refractivity contribution in [3.63, 3.8) is 0 Å². The van der Waals surface area contributed by atoms with Crippen LogP contribution in [0.3, 0.4) is 0 Å². The highest BCUT2D eigenvalue weighted by Crippen LogP contribution is 2.24. The zero-order valence-electron chi connectivity index (χ0n) is 9.44. The van der Waals surface area contributed by atoms with Crippen LogP contribution in [0.25, 0.3) is 0 Å². The summed E-state index contributed by atoms with van der Waals surface area (Å²) in [4.78, 5) is 11.9. The van der Waals surface area contributed by atoms with Gasteiger partial charge in [0.2, 0.25) is 0 Å². The number of phenols is 1. The Bertz CT molecular complexity index is 436. The Hall–Kier alpha value is -1.26. The first kappa shape index (κ1) is 12.2. The molecule has 2 atom stereocenters. The summed E-state index contributed by atoms with van der Waals surface area (Å²) in [6, 6.07) is 4.44. The van der Waals surface area contributed by atoms with Gasteiger partial charge in [-0.25, -0.2) is 0 Å². The molecule has 1 saturated heterocycles. The van der Waals surface area contributed by atoms with Crippen LogP contribution in [0.2, 0.25) is 5.02 Å². The highest BCUT2D eigenvalue weighted by molar-refractivity contribution is 6.32. The Labute approximate surface area is 105 Å². The summed E-state index contributed by atoms with van der Waals surface area (Å²) in [5.74, 6) is -0.227. The first-order valence-electron chi connectivity index (χ1n) is 5.49. The van der Waals surface area contributed by atoms with E-state index in [0.717, 1.165) is 6.42 Å². The molecule has 17 heavy (non-hydrogen) atoms. The number of nitrogens with one attached hydrogen (secondary N) is 1. The maximum atomic E-state index is 11.9. The van der Waals surface area contributed by atoms with Gasteiger partial charge in [-0.2, -0.15) is 0 Å². The average molecular weight is 256 g/mol. The monoisotopic (exact) mass is 255 g/mol. The van der Waals surface area contributed by atoms with E-state index in [1.165, 1.54) is 18.2 Å². The van der Waals surface area contributed by atoms with Crippen molar-refractivity contribution in [1.29, 1.82) is 0 Å². The Morgan fingerprint density at radius 2 is 2.35 bits per heavy atom. The topological polar surface area (TPSA) is 58.6 Å². The molecule has 5 heteroatoms. The van der Waals surface area contributed by atoms with E-state index in [-0.39, 0.29) is 28.8 Å². The minimum Gasteiger partial charge on any atom is -0.506 e. The number of amides is 1. The molecule has 1 aliphatic rings. The quantitative estimate of drug-likeness (QED) is 0.849. The number of carbonyl (C=O) groups is 1. The van der Waals surface area contributed by atoms with Gasteiger partial charge in [0.15, 0.2) is 0 Å². The molecule has 2 unspecified atom stereocenters. The van der Waals surface area contributed by atoms with E-state index in [9.17, 15) is 9.90 Å². The fourth-order valence-electron chi connectivity index (χ4n) is 1.82. The van der Waals surface area contributed by atoms with Crippen molar-refractivity contribution < 1.29 is 14.6 Å². The summed E-state index contributed by atoms with van der Waals surface area (Å²) in [5, 5.41) is 12.3. The molecule has 0 saturated carbocycles. The number of hydrogen-bond acceptors (Lipinski definition) is 3. The smallest absolute Gasteiger partial charge is 0.251 e. The largest absolute Gasteiger partial charge is 0.506 e. The van der Waals surface area contributed by atoms with E-state index in [0.29, 0.717) is 12.2 Å². The highest BCUT2D eigenvalue weighted by atomic mass is 35.5. The second-order valence-electron chi connectivity index (χ2n) is 4.11. The second-order valence-corrected chi connectivity index (χ2v) is 4.52. The number of benzene rings is 1. The number of hydrogen-bond donors (Lipinski definition) is 2. The molecular weight excluding hydrogens is 242 g/mol. The second kappa shape index (κ2) is 4.94. The van der Waals surface area contributed by atoms with Crippen LogP contribution >= 0.6 is 11.6 Å². The summed E-state index contributed by atoms with van der Waals surface area (Å²) < 4.78 is 5.36. The lowest BCUT2D eigenvalue weighted by Crippen LogP contribution is -2.39. The molecule has 92 valence electrons. The molecule has 1 aromatic carbocycles. The van der Waals surface area contributed by atoms with Crippen LogP contribution in [0.4, 0.5) is 0 Å². The molecule has 1 aliphatic heterocycles. The van der Waals surface area contributed by atoms with E-state index in [1.807, 2.05) is 6.92 Å². The number of aromatic hydroxyl groups is 1. The number of halogens is 1. The van der Waals surface area contributed by atoms with Gasteiger partial charge in [-0.1, -0.05) is 11.6 Å². The molecule has 0 aromatic heterocycles. The fourth-order valence-corrected chi connectivity index (χ4v) is 2.00. The van der Waals surface area contributed by atoms with E-state index in [1.54, 1.807) is 0 Å². The third-order valence-corrected chi connectivity index (χ3v) is 3.21. The number of carbonyl (C=O) groups excluding carboxylic acids is 1. The highest BCUT2D eigenvalue weighted by Gasteiger charge is 2.26. The molecule has 0 spiro atoms. The number of ether oxygens (including phenoxy) is 1. The first-order valence-corrected chi connectivity index (χ1v) is 5.86. The zero-order valence-corrected chi connectivity index (χ0v) is 10.2. The SMILES string of the molecule is CC1OCCC1NC(=O)c1ccc(O)c(Cl)c1. The summed E-state index contributed by atoms with van der Waals surface area (Å²) in [7, 11) is 0. The van der Waals surface area contributed by atoms with Crippen molar-refractivity contribution in [3.8, 4) is 5.75 Å². The minimum atomic E-state index is -0.200. The summed E-state index contributed by atoms with van der Waals surface area (Å²) in [6.07, 6.45) is 0.852. The van der Waals surface area contributed by atoms with Crippen LogP contribution in [0, 0.1) is 0 Å². The predicted molar refractivity (Wildman–Crippen MR) is 64.4 cm³/mol. The lowest BCUT2D eigenvalue weighted by Gasteiger charge is -2.16. The molecule has 1 fully saturated rings. The van der Waals surface area contributed by atoms with E-state index < -0.39 is 0 Å². The van der Waals surface area contributed by atoms with E-state index in [2.05, 4.69) is 5.32 Å². The molecule has 4 nitrogen and oxygen atoms in total. The number of rotatable bonds is 2. The van der Waals surface area contributed by atoms with Gasteiger partial charge in [0.05, 0.1) is 17.2 Å². The minimum absolute atomic E-state index is 0.0271. The lowest BCUT2D eigenvalue weighted by molar-refractivity contribution is 0.0866. The van der Waals surface area contributed by atoms with Gasteiger partial charge < -0.3 is 15.2 Å². The van der Waals surface area contributed by atoms with Crippen LogP contribution in [0.1, 0.15) is 23.7 Å². The van der Waals surface area contributed by atoms with Crippen molar-refractivity contribution in [2.45, 2.75) is 25.5 Å². The summed E-state index contributed by atoms with van der Waals surface area (Å²) in [6.45, 7) is 2.60. The Balaban J connectivity index is 2.06. The van der Waals surface area contributed by atoms with Gasteiger partial charge in [0.25, 0.3) is 5.91 Å². The maximum Gasteiger partial charge on any atom is 0.251 e. The Morgan fingerprint density at radius 1 is 1.59 bits per heavy atom. The van der Waals surface area contributed by atoms with Gasteiger partial charge in [-0.15, -0.1) is 0 Å². The van der Waals surface area contributed by atoms with Crippen molar-refractivity contribution in [2.24, 2.45) is 0 Å². The zero-order chi connectivity index (χ0) is 12.4. The molecule has 0 radical (unpaired) electrons. The van der Waals surface area contributed by atoms with Gasteiger partial charge in [0, 0.05) is 12.2 Å². The molecular formula is C12H14ClNO3. The van der Waals surface area contributed by atoms with E-state index >= 15 is 0 Å². The molecule has 0 bridgehead atoms. The summed E-state index contributed by atoms with van der Waals surface area (Å²) in [5.41, 5.74) is 0.437. The third-order valence-electron chi connectivity index (χ3n) is 2.90. The van der Waals surface area contributed by atoms with Crippen LogP contribution < -0.4 is 5.32 Å². The molecule has 1 heterocycles. The van der Waals surface area contributed by atoms with Crippen LogP contribution in [0.5, 0.6) is 5.75 Å². The lowest BCUT2D eigenvalue weighted by atomic mass is 10.1. The van der Waals surface area contributed by atoms with Gasteiger partial charge in [0.1, 0.15) is 5.75 Å². The van der Waals surface area contributed by atoms with Crippen molar-refractivity contribution in [1.82, 2.24) is 5.32 Å². The van der Waals surface area contributed by atoms with Crippen LogP contribution in [-0.2, 0) is 4.74 Å². The van der Waals surface area contributed by atoms with Gasteiger partial charge >= 0.3 is 0 Å². The molecule has 2 rings (SSSR count). The first-order chi connectivity index (χ1) is 8.08. The standard InChI is InChI=1S/C12H14ClNO3/c1-7-10(4-5-17-7)14-12(16)8-2-3-11(15)9(13)6-8/h2-3,6-7,10,15H,4-5H2,1H3,(H,14,16). The van der Waals surface area contributed by atoms with Crippen LogP contribution in [-0.4, -0.2) is 29.8 Å². The third kappa shape index (κ3) is 2.70.